The fourth-order valence-electron chi connectivity index (χ4n) is 3.90. The first kappa shape index (κ1) is 22.8. The molecule has 4 nitrogen and oxygen atoms in total. The van der Waals surface area contributed by atoms with Gasteiger partial charge in [0.2, 0.25) is 5.91 Å². The van der Waals surface area contributed by atoms with Gasteiger partial charge in [0.1, 0.15) is 6.61 Å². The van der Waals surface area contributed by atoms with Crippen molar-refractivity contribution in [3.05, 3.63) is 94.2 Å². The standard InChI is InChI=1S/C26H28ClNO3/c1-5-13-31-26(30)25-18(4)28(16-19-7-6-8-22(27)14-19)24(29)15-23(25)21-11-9-20(10-12-21)17(2)3/h5-12,14,17,23H,1,13,15-16H2,2-4H3. The van der Waals surface area contributed by atoms with Crippen molar-refractivity contribution in [2.75, 3.05) is 6.61 Å². The quantitative estimate of drug-likeness (QED) is 0.395. The largest absolute Gasteiger partial charge is 0.458 e. The van der Waals surface area contributed by atoms with Crippen LogP contribution in [0.3, 0.4) is 0 Å². The van der Waals surface area contributed by atoms with Crippen molar-refractivity contribution in [3.63, 3.8) is 0 Å². The van der Waals surface area contributed by atoms with E-state index in [9.17, 15) is 9.59 Å². The maximum absolute atomic E-state index is 13.1. The van der Waals surface area contributed by atoms with Crippen molar-refractivity contribution in [1.29, 1.82) is 0 Å². The Hall–Kier alpha value is -2.85. The molecular formula is C26H28ClNO3. The number of rotatable bonds is 7. The van der Waals surface area contributed by atoms with E-state index in [1.807, 2.05) is 37.3 Å². The van der Waals surface area contributed by atoms with Gasteiger partial charge in [0.05, 0.1) is 12.1 Å². The van der Waals surface area contributed by atoms with Crippen molar-refractivity contribution >= 4 is 23.5 Å². The van der Waals surface area contributed by atoms with Gasteiger partial charge < -0.3 is 9.64 Å². The molecule has 1 atom stereocenters. The Kier molecular flexibility index (Phi) is 7.34. The van der Waals surface area contributed by atoms with E-state index in [0.29, 0.717) is 28.8 Å². The molecule has 31 heavy (non-hydrogen) atoms. The second kappa shape index (κ2) is 9.97. The summed E-state index contributed by atoms with van der Waals surface area (Å²) < 4.78 is 5.39. The van der Waals surface area contributed by atoms with E-state index in [-0.39, 0.29) is 24.9 Å². The highest BCUT2D eigenvalue weighted by molar-refractivity contribution is 6.30. The van der Waals surface area contributed by atoms with E-state index < -0.39 is 5.97 Å². The predicted octanol–water partition coefficient (Wildman–Crippen LogP) is 5.98. The minimum atomic E-state index is -0.418. The summed E-state index contributed by atoms with van der Waals surface area (Å²) in [7, 11) is 0. The summed E-state index contributed by atoms with van der Waals surface area (Å²) in [5.41, 5.74) is 4.18. The minimum Gasteiger partial charge on any atom is -0.458 e. The molecule has 5 heteroatoms. The number of halogens is 1. The van der Waals surface area contributed by atoms with Crippen LogP contribution in [0.2, 0.25) is 5.02 Å². The zero-order valence-corrected chi connectivity index (χ0v) is 19.0. The fraction of sp³-hybridized carbons (Fsp3) is 0.308. The highest BCUT2D eigenvalue weighted by Crippen LogP contribution is 2.38. The number of hydrogen-bond acceptors (Lipinski definition) is 3. The average Bonchev–Trinajstić information content (AvgIpc) is 2.74. The van der Waals surface area contributed by atoms with Crippen LogP contribution in [-0.2, 0) is 20.9 Å². The Labute approximate surface area is 189 Å². The summed E-state index contributed by atoms with van der Waals surface area (Å²) in [6, 6.07) is 15.5. The van der Waals surface area contributed by atoms with Crippen LogP contribution in [0.4, 0.5) is 0 Å². The molecule has 1 aliphatic heterocycles. The molecule has 0 saturated carbocycles. The lowest BCUT2D eigenvalue weighted by atomic mass is 9.83. The van der Waals surface area contributed by atoms with Gasteiger partial charge >= 0.3 is 5.97 Å². The van der Waals surface area contributed by atoms with E-state index in [2.05, 4.69) is 32.6 Å². The minimum absolute atomic E-state index is 0.0318. The summed E-state index contributed by atoms with van der Waals surface area (Å²) in [6.45, 7) is 10.2. The van der Waals surface area contributed by atoms with Gasteiger partial charge in [-0.25, -0.2) is 4.79 Å². The smallest absolute Gasteiger partial charge is 0.336 e. The third-order valence-electron chi connectivity index (χ3n) is 5.61. The maximum atomic E-state index is 13.1. The molecule has 162 valence electrons. The molecule has 0 N–H and O–H groups in total. The SMILES string of the molecule is C=CCOC(=O)C1=C(C)N(Cc2cccc(Cl)c2)C(=O)CC1c1ccc(C(C)C)cc1. The highest BCUT2D eigenvalue weighted by atomic mass is 35.5. The lowest BCUT2D eigenvalue weighted by Crippen LogP contribution is -2.38. The zero-order chi connectivity index (χ0) is 22.5. The molecule has 1 aliphatic rings. The van der Waals surface area contributed by atoms with Gasteiger partial charge in [-0.05, 0) is 41.7 Å². The number of allylic oxidation sites excluding steroid dienone is 1. The Bertz CT molecular complexity index is 1010. The van der Waals surface area contributed by atoms with Crippen LogP contribution in [0, 0.1) is 0 Å². The lowest BCUT2D eigenvalue weighted by molar-refractivity contribution is -0.139. The van der Waals surface area contributed by atoms with Crippen LogP contribution in [0.25, 0.3) is 0 Å². The van der Waals surface area contributed by atoms with Gasteiger partial charge in [-0.15, -0.1) is 0 Å². The summed E-state index contributed by atoms with van der Waals surface area (Å²) in [6.07, 6.45) is 1.75. The van der Waals surface area contributed by atoms with Crippen LogP contribution in [0.15, 0.2) is 72.5 Å². The highest BCUT2D eigenvalue weighted by Gasteiger charge is 2.36. The first-order valence-electron chi connectivity index (χ1n) is 10.4. The first-order valence-corrected chi connectivity index (χ1v) is 10.8. The summed E-state index contributed by atoms with van der Waals surface area (Å²) in [4.78, 5) is 27.8. The normalized spacial score (nSPS) is 16.6. The number of hydrogen-bond donors (Lipinski definition) is 0. The van der Waals surface area contributed by atoms with Gasteiger partial charge in [0, 0.05) is 23.1 Å². The molecular weight excluding hydrogens is 410 g/mol. The Morgan fingerprint density at radius 3 is 2.58 bits per heavy atom. The molecule has 2 aromatic rings. The molecule has 1 amide bonds. The molecule has 2 aromatic carbocycles. The van der Waals surface area contributed by atoms with Gasteiger partial charge in [0.25, 0.3) is 0 Å². The predicted molar refractivity (Wildman–Crippen MR) is 124 cm³/mol. The summed E-state index contributed by atoms with van der Waals surface area (Å²) in [5.74, 6) is -0.388. The summed E-state index contributed by atoms with van der Waals surface area (Å²) >= 11 is 6.11. The Morgan fingerprint density at radius 1 is 1.26 bits per heavy atom. The van der Waals surface area contributed by atoms with Crippen molar-refractivity contribution in [3.8, 4) is 0 Å². The van der Waals surface area contributed by atoms with Crippen LogP contribution >= 0.6 is 11.6 Å². The van der Waals surface area contributed by atoms with Gasteiger partial charge in [-0.3, -0.25) is 4.79 Å². The number of benzene rings is 2. The molecule has 0 aromatic heterocycles. The third-order valence-corrected chi connectivity index (χ3v) is 5.85. The van der Waals surface area contributed by atoms with Gasteiger partial charge in [0.15, 0.2) is 0 Å². The molecule has 3 rings (SSSR count). The fourth-order valence-corrected chi connectivity index (χ4v) is 4.11. The van der Waals surface area contributed by atoms with Crippen molar-refractivity contribution in [2.24, 2.45) is 0 Å². The average molecular weight is 438 g/mol. The van der Waals surface area contributed by atoms with E-state index in [1.165, 1.54) is 11.6 Å². The molecule has 0 bridgehead atoms. The number of amides is 1. The number of ether oxygens (including phenoxy) is 1. The molecule has 0 aliphatic carbocycles. The lowest BCUT2D eigenvalue weighted by Gasteiger charge is -2.34. The van der Waals surface area contributed by atoms with Gasteiger partial charge in [-0.1, -0.05) is 74.5 Å². The van der Waals surface area contributed by atoms with Crippen molar-refractivity contribution in [1.82, 2.24) is 4.90 Å². The van der Waals surface area contributed by atoms with Crippen LogP contribution in [0.5, 0.6) is 0 Å². The van der Waals surface area contributed by atoms with Crippen LogP contribution < -0.4 is 0 Å². The molecule has 0 spiro atoms. The second-order valence-corrected chi connectivity index (χ2v) is 8.51. The molecule has 1 heterocycles. The van der Waals surface area contributed by atoms with E-state index in [1.54, 1.807) is 11.0 Å². The third kappa shape index (κ3) is 5.26. The zero-order valence-electron chi connectivity index (χ0n) is 18.2. The second-order valence-electron chi connectivity index (χ2n) is 8.07. The Balaban J connectivity index is 2.01. The number of carbonyl (C=O) groups excluding carboxylic acids is 2. The first-order chi connectivity index (χ1) is 14.8. The topological polar surface area (TPSA) is 46.6 Å². The van der Waals surface area contributed by atoms with Gasteiger partial charge in [-0.2, -0.15) is 0 Å². The van der Waals surface area contributed by atoms with Crippen molar-refractivity contribution in [2.45, 2.75) is 45.6 Å². The molecule has 0 radical (unpaired) electrons. The van der Waals surface area contributed by atoms with E-state index >= 15 is 0 Å². The number of nitrogens with zero attached hydrogens (tertiary/aromatic N) is 1. The van der Waals surface area contributed by atoms with Crippen molar-refractivity contribution < 1.29 is 14.3 Å². The summed E-state index contributed by atoms with van der Waals surface area (Å²) in [5, 5.41) is 0.609. The molecule has 0 fully saturated rings. The van der Waals surface area contributed by atoms with E-state index in [4.69, 9.17) is 16.3 Å². The van der Waals surface area contributed by atoms with E-state index in [0.717, 1.165) is 11.1 Å². The maximum Gasteiger partial charge on any atom is 0.336 e. The number of carbonyl (C=O) groups is 2. The Morgan fingerprint density at radius 2 is 1.97 bits per heavy atom. The van der Waals surface area contributed by atoms with Crippen LogP contribution in [-0.4, -0.2) is 23.4 Å². The molecule has 1 unspecified atom stereocenters. The molecule has 0 saturated heterocycles. The monoisotopic (exact) mass is 437 g/mol. The van der Waals surface area contributed by atoms with Crippen LogP contribution in [0.1, 0.15) is 55.7 Å². The number of esters is 1.